The molecule has 0 fully saturated rings. The molecular weight excluding hydrogens is 382 g/mol. The lowest BCUT2D eigenvalue weighted by Gasteiger charge is -2.04. The molecule has 1 N–H and O–H groups in total. The van der Waals surface area contributed by atoms with Crippen LogP contribution in [0.25, 0.3) is 11.4 Å². The largest absolute Gasteiger partial charge is 0.352 e. The van der Waals surface area contributed by atoms with E-state index >= 15 is 0 Å². The number of aromatic nitrogens is 2. The topological polar surface area (TPSA) is 68.0 Å². The zero-order valence-corrected chi connectivity index (χ0v) is 15.4. The van der Waals surface area contributed by atoms with E-state index < -0.39 is 0 Å². The van der Waals surface area contributed by atoms with Crippen LogP contribution in [0, 0.1) is 6.92 Å². The van der Waals surface area contributed by atoms with Crippen molar-refractivity contribution >= 4 is 21.8 Å². The van der Waals surface area contributed by atoms with Crippen LogP contribution in [0.2, 0.25) is 0 Å². The zero-order chi connectivity index (χ0) is 17.6. The number of carbonyl (C=O) groups excluding carboxylic acids is 1. The summed E-state index contributed by atoms with van der Waals surface area (Å²) in [4.78, 5) is 16.3. The summed E-state index contributed by atoms with van der Waals surface area (Å²) in [6, 6.07) is 15.7. The van der Waals surface area contributed by atoms with Crippen molar-refractivity contribution in [2.24, 2.45) is 0 Å². The second-order valence-electron chi connectivity index (χ2n) is 5.78. The first kappa shape index (κ1) is 17.4. The Bertz CT molecular complexity index is 842. The van der Waals surface area contributed by atoms with Crippen LogP contribution in [-0.4, -0.2) is 16.0 Å². The average Bonchev–Trinajstić information content (AvgIpc) is 3.09. The Balaban J connectivity index is 1.49. The number of hydrogen-bond donors (Lipinski definition) is 1. The third kappa shape index (κ3) is 5.00. The normalized spacial score (nSPS) is 10.6. The summed E-state index contributed by atoms with van der Waals surface area (Å²) in [7, 11) is 0. The van der Waals surface area contributed by atoms with Crippen LogP contribution in [0.4, 0.5) is 0 Å². The van der Waals surface area contributed by atoms with Crippen LogP contribution in [0.15, 0.2) is 57.5 Å². The Labute approximate surface area is 154 Å². The molecule has 5 nitrogen and oxygen atoms in total. The molecule has 2 aromatic carbocycles. The van der Waals surface area contributed by atoms with E-state index in [-0.39, 0.29) is 5.91 Å². The molecule has 0 atom stereocenters. The zero-order valence-electron chi connectivity index (χ0n) is 13.8. The molecule has 3 rings (SSSR count). The third-order valence-electron chi connectivity index (χ3n) is 3.75. The Morgan fingerprint density at radius 2 is 1.84 bits per heavy atom. The smallest absolute Gasteiger partial charge is 0.227 e. The first-order valence-corrected chi connectivity index (χ1v) is 8.80. The van der Waals surface area contributed by atoms with Gasteiger partial charge in [0.1, 0.15) is 0 Å². The van der Waals surface area contributed by atoms with Crippen molar-refractivity contribution in [1.29, 1.82) is 0 Å². The summed E-state index contributed by atoms with van der Waals surface area (Å²) in [6.07, 6.45) is 0.733. The second kappa shape index (κ2) is 8.07. The van der Waals surface area contributed by atoms with Crippen molar-refractivity contribution in [2.75, 3.05) is 0 Å². The van der Waals surface area contributed by atoms with Crippen molar-refractivity contribution in [3.05, 3.63) is 70.0 Å². The molecule has 0 aliphatic rings. The lowest BCUT2D eigenvalue weighted by molar-refractivity contribution is -0.121. The summed E-state index contributed by atoms with van der Waals surface area (Å²) < 4.78 is 6.21. The number of halogens is 1. The molecule has 1 heterocycles. The minimum absolute atomic E-state index is 0.0380. The van der Waals surface area contributed by atoms with Crippen molar-refractivity contribution < 1.29 is 9.32 Å². The maximum atomic E-state index is 12.0. The van der Waals surface area contributed by atoms with Crippen molar-refractivity contribution in [2.45, 2.75) is 26.3 Å². The van der Waals surface area contributed by atoms with Gasteiger partial charge in [0.15, 0.2) is 0 Å². The molecule has 128 valence electrons. The number of nitrogens with zero attached hydrogens (tertiary/aromatic N) is 2. The number of nitrogens with one attached hydrogen (secondary N) is 1. The Hall–Kier alpha value is -2.47. The standard InChI is InChI=1S/C19H18BrN3O2/c1-13-2-4-14(5-3-13)12-21-17(24)10-11-18-22-19(23-25-18)15-6-8-16(20)9-7-15/h2-9H,10-12H2,1H3,(H,21,24). The molecule has 3 aromatic rings. The average molecular weight is 400 g/mol. The highest BCUT2D eigenvalue weighted by Gasteiger charge is 2.10. The first-order valence-electron chi connectivity index (χ1n) is 8.01. The number of carbonyl (C=O) groups is 1. The molecule has 0 bridgehead atoms. The predicted molar refractivity (Wildman–Crippen MR) is 98.8 cm³/mol. The van der Waals surface area contributed by atoms with E-state index in [0.717, 1.165) is 15.6 Å². The molecule has 0 radical (unpaired) electrons. The molecule has 0 aliphatic heterocycles. The van der Waals surface area contributed by atoms with Gasteiger partial charge in [-0.3, -0.25) is 4.79 Å². The fraction of sp³-hybridized carbons (Fsp3) is 0.211. The highest BCUT2D eigenvalue weighted by molar-refractivity contribution is 9.10. The van der Waals surface area contributed by atoms with Crippen LogP contribution < -0.4 is 5.32 Å². The lowest BCUT2D eigenvalue weighted by Crippen LogP contribution is -2.23. The quantitative estimate of drug-likeness (QED) is 0.678. The van der Waals surface area contributed by atoms with E-state index in [4.69, 9.17) is 4.52 Å². The predicted octanol–water partition coefficient (Wildman–Crippen LogP) is 4.06. The summed E-state index contributed by atoms with van der Waals surface area (Å²) in [6.45, 7) is 2.56. The fourth-order valence-electron chi connectivity index (χ4n) is 2.29. The van der Waals surface area contributed by atoms with Gasteiger partial charge in [0.05, 0.1) is 0 Å². The van der Waals surface area contributed by atoms with E-state index in [1.807, 2.05) is 55.5 Å². The minimum atomic E-state index is -0.0380. The van der Waals surface area contributed by atoms with Crippen LogP contribution in [-0.2, 0) is 17.8 Å². The van der Waals surface area contributed by atoms with Gasteiger partial charge in [0, 0.05) is 29.4 Å². The van der Waals surface area contributed by atoms with Gasteiger partial charge in [-0.05, 0) is 36.8 Å². The third-order valence-corrected chi connectivity index (χ3v) is 4.28. The maximum absolute atomic E-state index is 12.0. The first-order chi connectivity index (χ1) is 12.1. The van der Waals surface area contributed by atoms with Crippen LogP contribution >= 0.6 is 15.9 Å². The molecular formula is C19H18BrN3O2. The molecule has 1 aromatic heterocycles. The van der Waals surface area contributed by atoms with Gasteiger partial charge in [0.25, 0.3) is 0 Å². The fourth-order valence-corrected chi connectivity index (χ4v) is 2.55. The van der Waals surface area contributed by atoms with Gasteiger partial charge in [-0.1, -0.05) is 50.9 Å². The number of hydrogen-bond acceptors (Lipinski definition) is 4. The molecule has 25 heavy (non-hydrogen) atoms. The summed E-state index contributed by atoms with van der Waals surface area (Å²) in [5, 5.41) is 6.86. The summed E-state index contributed by atoms with van der Waals surface area (Å²) >= 11 is 3.39. The second-order valence-corrected chi connectivity index (χ2v) is 6.70. The van der Waals surface area contributed by atoms with Gasteiger partial charge in [-0.25, -0.2) is 0 Å². The Kier molecular flexibility index (Phi) is 5.60. The molecule has 0 aliphatic carbocycles. The molecule has 6 heteroatoms. The molecule has 1 amide bonds. The van der Waals surface area contributed by atoms with E-state index in [1.165, 1.54) is 5.56 Å². The molecule has 0 saturated heterocycles. The van der Waals surface area contributed by atoms with E-state index in [1.54, 1.807) is 0 Å². The monoisotopic (exact) mass is 399 g/mol. The summed E-state index contributed by atoms with van der Waals surface area (Å²) in [5.74, 6) is 0.954. The maximum Gasteiger partial charge on any atom is 0.227 e. The van der Waals surface area contributed by atoms with Gasteiger partial charge >= 0.3 is 0 Å². The molecule has 0 spiro atoms. The number of aryl methyl sites for hydroxylation is 2. The Morgan fingerprint density at radius 1 is 1.12 bits per heavy atom. The number of rotatable bonds is 6. The highest BCUT2D eigenvalue weighted by Crippen LogP contribution is 2.19. The SMILES string of the molecule is Cc1ccc(CNC(=O)CCc2nc(-c3ccc(Br)cc3)no2)cc1. The molecule has 0 unspecified atom stereocenters. The number of benzene rings is 2. The Morgan fingerprint density at radius 3 is 2.56 bits per heavy atom. The number of amides is 1. The van der Waals surface area contributed by atoms with E-state index in [9.17, 15) is 4.79 Å². The van der Waals surface area contributed by atoms with Crippen LogP contribution in [0.3, 0.4) is 0 Å². The van der Waals surface area contributed by atoms with Crippen molar-refractivity contribution in [3.63, 3.8) is 0 Å². The van der Waals surface area contributed by atoms with Crippen molar-refractivity contribution in [3.8, 4) is 11.4 Å². The van der Waals surface area contributed by atoms with Crippen LogP contribution in [0.5, 0.6) is 0 Å². The lowest BCUT2D eigenvalue weighted by atomic mass is 10.1. The summed E-state index contributed by atoms with van der Waals surface area (Å²) in [5.41, 5.74) is 3.16. The van der Waals surface area contributed by atoms with Gasteiger partial charge in [-0.2, -0.15) is 4.98 Å². The van der Waals surface area contributed by atoms with Gasteiger partial charge in [-0.15, -0.1) is 0 Å². The van der Waals surface area contributed by atoms with Gasteiger partial charge < -0.3 is 9.84 Å². The van der Waals surface area contributed by atoms with Crippen molar-refractivity contribution in [1.82, 2.24) is 15.5 Å². The van der Waals surface area contributed by atoms with Crippen LogP contribution in [0.1, 0.15) is 23.4 Å². The van der Waals surface area contributed by atoms with E-state index in [0.29, 0.717) is 31.1 Å². The minimum Gasteiger partial charge on any atom is -0.352 e. The molecule has 0 saturated carbocycles. The highest BCUT2D eigenvalue weighted by atomic mass is 79.9. The van der Waals surface area contributed by atoms with Gasteiger partial charge in [0.2, 0.25) is 17.6 Å². The van der Waals surface area contributed by atoms with E-state index in [2.05, 4.69) is 31.4 Å².